The Bertz CT molecular complexity index is 711. The van der Waals surface area contributed by atoms with E-state index in [4.69, 9.17) is 0 Å². The molecule has 6 atom stereocenters. The first kappa shape index (κ1) is 19.4. The second kappa shape index (κ2) is 6.30. The molecule has 3 nitrogen and oxygen atoms in total. The van der Waals surface area contributed by atoms with E-state index in [0.717, 1.165) is 17.2 Å². The molecule has 0 bridgehead atoms. The normalized spacial score (nSPS) is 45.5. The minimum atomic E-state index is -0.0247. The molecule has 150 valence electrons. The Morgan fingerprint density at radius 1 is 1.15 bits per heavy atom. The molecule has 1 amide bonds. The number of hydrogen-bond acceptors (Lipinski definition) is 3. The number of allylic oxidation sites excluding steroid dienone is 1. The van der Waals surface area contributed by atoms with Gasteiger partial charge in [0.2, 0.25) is 5.91 Å². The summed E-state index contributed by atoms with van der Waals surface area (Å²) in [4.78, 5) is 12.7. The Morgan fingerprint density at radius 2 is 1.89 bits per heavy atom. The summed E-state index contributed by atoms with van der Waals surface area (Å²) in [5, 5.41) is 13.3. The molecular formula is C23H35NO2S. The van der Waals surface area contributed by atoms with Gasteiger partial charge in [-0.2, -0.15) is 11.8 Å². The summed E-state index contributed by atoms with van der Waals surface area (Å²) in [5.41, 5.74) is 1.67. The van der Waals surface area contributed by atoms with E-state index in [-0.39, 0.29) is 28.2 Å². The van der Waals surface area contributed by atoms with Gasteiger partial charge in [-0.1, -0.05) is 34.1 Å². The fourth-order valence-electron chi connectivity index (χ4n) is 7.61. The fraction of sp³-hybridized carbons (Fsp3) is 0.783. The summed E-state index contributed by atoms with van der Waals surface area (Å²) >= 11 is 1.96. The predicted molar refractivity (Wildman–Crippen MR) is 113 cm³/mol. The van der Waals surface area contributed by atoms with Crippen LogP contribution in [0.15, 0.2) is 23.5 Å². The summed E-state index contributed by atoms with van der Waals surface area (Å²) in [6.45, 7) is 9.97. The van der Waals surface area contributed by atoms with Crippen molar-refractivity contribution >= 4 is 17.7 Å². The monoisotopic (exact) mass is 389 g/mol. The molecule has 2 saturated carbocycles. The number of nitrogens with one attached hydrogen (secondary N) is 1. The first-order chi connectivity index (χ1) is 12.6. The van der Waals surface area contributed by atoms with Crippen LogP contribution in [0.4, 0.5) is 0 Å². The van der Waals surface area contributed by atoms with Gasteiger partial charge in [-0.15, -0.1) is 0 Å². The number of hydrogen-bond donors (Lipinski definition) is 2. The highest BCUT2D eigenvalue weighted by Gasteiger charge is 2.63. The maximum Gasteiger partial charge on any atom is 0.247 e. The Morgan fingerprint density at radius 3 is 2.59 bits per heavy atom. The van der Waals surface area contributed by atoms with Gasteiger partial charge in [-0.05, 0) is 71.7 Å². The Hall–Kier alpha value is -0.900. The van der Waals surface area contributed by atoms with Gasteiger partial charge in [0.15, 0.2) is 0 Å². The molecule has 4 aliphatic rings. The van der Waals surface area contributed by atoms with Gasteiger partial charge >= 0.3 is 0 Å². The molecule has 0 spiro atoms. The van der Waals surface area contributed by atoms with Crippen LogP contribution in [-0.4, -0.2) is 29.1 Å². The standard InChI is InChI=1S/C23H35NO2S/c1-21(2)8-6-9-22(3)17(21)7-10-23(4)18(22)13-27-16-12-14(25)11-15(19(16)23)20(26)24-5/h11-12,16-19,25H,6-10,13H2,1-5H3,(H,24,26)/t16?,17-,18+,19?,22-,23+/m0/s1. The summed E-state index contributed by atoms with van der Waals surface area (Å²) in [5.74, 6) is 2.96. The van der Waals surface area contributed by atoms with Crippen LogP contribution in [0, 0.1) is 34.0 Å². The molecule has 0 aromatic rings. The average Bonchev–Trinajstić information content (AvgIpc) is 2.58. The van der Waals surface area contributed by atoms with Gasteiger partial charge in [0.1, 0.15) is 5.76 Å². The summed E-state index contributed by atoms with van der Waals surface area (Å²) in [6.07, 6.45) is 10.2. The van der Waals surface area contributed by atoms with Gasteiger partial charge in [-0.25, -0.2) is 0 Å². The lowest BCUT2D eigenvalue weighted by Gasteiger charge is -2.66. The van der Waals surface area contributed by atoms with Crippen LogP contribution in [0.3, 0.4) is 0 Å². The average molecular weight is 390 g/mol. The molecule has 1 heterocycles. The van der Waals surface area contributed by atoms with Crippen molar-refractivity contribution in [2.75, 3.05) is 12.8 Å². The maximum absolute atomic E-state index is 12.7. The molecule has 2 N–H and O–H groups in total. The third kappa shape index (κ3) is 2.73. The van der Waals surface area contributed by atoms with Crippen molar-refractivity contribution in [3.63, 3.8) is 0 Å². The largest absolute Gasteiger partial charge is 0.508 e. The first-order valence-corrected chi connectivity index (χ1v) is 11.6. The number of aliphatic hydroxyl groups excluding tert-OH is 1. The second-order valence-corrected chi connectivity index (χ2v) is 11.8. The van der Waals surface area contributed by atoms with E-state index in [9.17, 15) is 9.90 Å². The third-order valence-electron chi connectivity index (χ3n) is 8.80. The van der Waals surface area contributed by atoms with Gasteiger partial charge < -0.3 is 10.4 Å². The highest BCUT2D eigenvalue weighted by atomic mass is 32.2. The van der Waals surface area contributed by atoms with Crippen molar-refractivity contribution in [1.29, 1.82) is 0 Å². The van der Waals surface area contributed by atoms with Crippen molar-refractivity contribution in [3.05, 3.63) is 23.5 Å². The zero-order chi connectivity index (χ0) is 19.6. The Balaban J connectivity index is 1.77. The van der Waals surface area contributed by atoms with E-state index >= 15 is 0 Å². The second-order valence-electron chi connectivity index (χ2n) is 10.5. The molecule has 4 heteroatoms. The van der Waals surface area contributed by atoms with E-state index in [1.807, 2.05) is 17.8 Å². The molecule has 3 aliphatic carbocycles. The maximum atomic E-state index is 12.7. The number of amides is 1. The highest BCUT2D eigenvalue weighted by molar-refractivity contribution is 8.00. The van der Waals surface area contributed by atoms with E-state index < -0.39 is 0 Å². The molecule has 2 unspecified atom stereocenters. The quantitative estimate of drug-likeness (QED) is 0.656. The zero-order valence-corrected chi connectivity index (χ0v) is 18.3. The van der Waals surface area contributed by atoms with Crippen LogP contribution in [0.25, 0.3) is 0 Å². The van der Waals surface area contributed by atoms with Gasteiger partial charge in [0.05, 0.1) is 0 Å². The number of carbonyl (C=O) groups is 1. The first-order valence-electron chi connectivity index (χ1n) is 10.6. The fourth-order valence-corrected chi connectivity index (χ4v) is 9.67. The third-order valence-corrected chi connectivity index (χ3v) is 10.1. The molecule has 0 aromatic heterocycles. The zero-order valence-electron chi connectivity index (χ0n) is 17.5. The van der Waals surface area contributed by atoms with E-state index in [0.29, 0.717) is 16.7 Å². The number of aliphatic hydroxyl groups is 1. The molecule has 0 radical (unpaired) electrons. The number of likely N-dealkylation sites (N-methyl/N-ethyl adjacent to an activating group) is 1. The van der Waals surface area contributed by atoms with Crippen LogP contribution >= 0.6 is 11.8 Å². The summed E-state index contributed by atoms with van der Waals surface area (Å²) in [7, 11) is 1.70. The smallest absolute Gasteiger partial charge is 0.247 e. The lowest BCUT2D eigenvalue weighted by molar-refractivity contribution is -0.138. The number of fused-ring (bicyclic) bond motifs is 5. The molecular weight excluding hydrogens is 354 g/mol. The van der Waals surface area contributed by atoms with Crippen LogP contribution in [0.2, 0.25) is 0 Å². The van der Waals surface area contributed by atoms with Crippen molar-refractivity contribution in [3.8, 4) is 0 Å². The number of rotatable bonds is 1. The van der Waals surface area contributed by atoms with E-state index in [1.165, 1.54) is 32.1 Å². The molecule has 3 fully saturated rings. The van der Waals surface area contributed by atoms with Crippen molar-refractivity contribution in [1.82, 2.24) is 5.32 Å². The lowest BCUT2D eigenvalue weighted by Crippen LogP contribution is -2.61. The molecule has 27 heavy (non-hydrogen) atoms. The van der Waals surface area contributed by atoms with Crippen molar-refractivity contribution in [2.24, 2.45) is 34.0 Å². The molecule has 1 aliphatic heterocycles. The van der Waals surface area contributed by atoms with Crippen LogP contribution in [-0.2, 0) is 4.79 Å². The molecule has 4 rings (SSSR count). The number of carbonyl (C=O) groups excluding carboxylic acids is 1. The SMILES string of the molecule is CNC(=O)C1=CC(O)=CC2SC[C@@H]3[C@@]4(C)CCCC(C)(C)[C@@H]4CC[C@@]3(C)C12. The minimum absolute atomic E-state index is 0.0247. The predicted octanol–water partition coefficient (Wildman–Crippen LogP) is 5.09. The Labute approximate surface area is 168 Å². The minimum Gasteiger partial charge on any atom is -0.508 e. The molecule has 1 saturated heterocycles. The summed E-state index contributed by atoms with van der Waals surface area (Å²) < 4.78 is 0. The van der Waals surface area contributed by atoms with E-state index in [1.54, 1.807) is 13.1 Å². The lowest BCUT2D eigenvalue weighted by atomic mass is 9.41. The van der Waals surface area contributed by atoms with E-state index in [2.05, 4.69) is 33.0 Å². The van der Waals surface area contributed by atoms with Crippen LogP contribution < -0.4 is 5.32 Å². The number of thioether (sulfide) groups is 1. The van der Waals surface area contributed by atoms with Gasteiger partial charge in [0.25, 0.3) is 0 Å². The van der Waals surface area contributed by atoms with Crippen molar-refractivity contribution < 1.29 is 9.90 Å². The summed E-state index contributed by atoms with van der Waals surface area (Å²) in [6, 6.07) is 0. The van der Waals surface area contributed by atoms with Crippen LogP contribution in [0.1, 0.15) is 59.8 Å². The van der Waals surface area contributed by atoms with Crippen molar-refractivity contribution in [2.45, 2.75) is 65.0 Å². The highest BCUT2D eigenvalue weighted by Crippen LogP contribution is 2.69. The van der Waals surface area contributed by atoms with Crippen LogP contribution in [0.5, 0.6) is 0 Å². The topological polar surface area (TPSA) is 49.3 Å². The van der Waals surface area contributed by atoms with Gasteiger partial charge in [0, 0.05) is 23.8 Å². The molecule has 0 aromatic carbocycles. The Kier molecular flexibility index (Phi) is 4.53. The van der Waals surface area contributed by atoms with Gasteiger partial charge in [-0.3, -0.25) is 4.79 Å².